The van der Waals surface area contributed by atoms with Crippen LogP contribution in [0.25, 0.3) is 6.08 Å². The Bertz CT molecular complexity index is 289. The van der Waals surface area contributed by atoms with Gasteiger partial charge in [0.2, 0.25) is 0 Å². The van der Waals surface area contributed by atoms with E-state index in [0.29, 0.717) is 5.56 Å². The normalized spacial score (nSPS) is 9.09. The van der Waals surface area contributed by atoms with Crippen LogP contribution in [0.4, 0.5) is 0 Å². The van der Waals surface area contributed by atoms with Gasteiger partial charge in [0.1, 0.15) is 0 Å². The van der Waals surface area contributed by atoms with Crippen molar-refractivity contribution < 1.29 is 9.90 Å². The molecule has 0 aromatic heterocycles. The number of hydrogen-bond acceptors (Lipinski definition) is 1. The summed E-state index contributed by atoms with van der Waals surface area (Å²) in [7, 11) is 0. The Kier molecular flexibility index (Phi) is 2.06. The highest BCUT2D eigenvalue weighted by Gasteiger charge is 2.00. The molecule has 55 valence electrons. The average molecular weight is 147 g/mol. The minimum atomic E-state index is -0.936. The maximum Gasteiger partial charge on any atom is 0.335 e. The van der Waals surface area contributed by atoms with Crippen molar-refractivity contribution in [1.29, 1.82) is 0 Å². The molecule has 0 heterocycles. The molecule has 0 saturated carbocycles. The Morgan fingerprint density at radius 3 is 2.82 bits per heavy atom. The van der Waals surface area contributed by atoms with Crippen molar-refractivity contribution in [3.63, 3.8) is 0 Å². The van der Waals surface area contributed by atoms with Crippen LogP contribution in [0.2, 0.25) is 0 Å². The molecule has 0 unspecified atom stereocenters. The third-order valence-corrected chi connectivity index (χ3v) is 1.33. The van der Waals surface area contributed by atoms with E-state index < -0.39 is 5.97 Å². The third-order valence-electron chi connectivity index (χ3n) is 1.33. The van der Waals surface area contributed by atoms with Crippen LogP contribution >= 0.6 is 0 Å². The largest absolute Gasteiger partial charge is 0.478 e. The van der Waals surface area contributed by atoms with Gasteiger partial charge in [0.15, 0.2) is 0 Å². The second-order valence-corrected chi connectivity index (χ2v) is 2.10. The fraction of sp³-hybridized carbons (Fsp3) is 0. The van der Waals surface area contributed by atoms with Crippen LogP contribution in [-0.4, -0.2) is 11.1 Å². The second kappa shape index (κ2) is 3.01. The Hall–Kier alpha value is -1.57. The molecule has 0 bridgehead atoms. The van der Waals surface area contributed by atoms with Crippen molar-refractivity contribution in [2.75, 3.05) is 0 Å². The van der Waals surface area contributed by atoms with Crippen LogP contribution in [0.5, 0.6) is 0 Å². The van der Waals surface area contributed by atoms with E-state index in [4.69, 9.17) is 11.7 Å². The number of carbonyl (C=O) groups is 1. The minimum absolute atomic E-state index is 0.254. The fourth-order valence-electron chi connectivity index (χ4n) is 0.775. The number of carboxylic acid groups (broad SMARTS) is 1. The lowest BCUT2D eigenvalue weighted by Gasteiger charge is -1.94. The molecule has 2 heteroatoms. The number of benzene rings is 1. The van der Waals surface area contributed by atoms with Gasteiger partial charge < -0.3 is 5.11 Å². The molecule has 1 aromatic rings. The highest BCUT2D eigenvalue weighted by Crippen LogP contribution is 2.05. The highest BCUT2D eigenvalue weighted by atomic mass is 16.4. The molecular weight excluding hydrogens is 140 g/mol. The lowest BCUT2D eigenvalue weighted by molar-refractivity contribution is 0.0697. The van der Waals surface area contributed by atoms with Crippen LogP contribution in [0.3, 0.4) is 0 Å². The van der Waals surface area contributed by atoms with Gasteiger partial charge in [0, 0.05) is 0 Å². The Labute approximate surface area is 64.8 Å². The van der Waals surface area contributed by atoms with E-state index in [1.807, 2.05) is 0 Å². The van der Waals surface area contributed by atoms with Crippen LogP contribution < -0.4 is 0 Å². The lowest BCUT2D eigenvalue weighted by atomic mass is 10.1. The van der Waals surface area contributed by atoms with Crippen LogP contribution in [-0.2, 0) is 0 Å². The molecule has 1 rings (SSSR count). The van der Waals surface area contributed by atoms with Gasteiger partial charge in [-0.3, -0.25) is 0 Å². The van der Waals surface area contributed by atoms with Crippen LogP contribution in [0, 0.1) is 6.58 Å². The standard InChI is InChI=1S/C9H7O2/c1-2-7-4-3-5-8(6-7)9(10)11/h1-6H,(H,10,11). The molecule has 1 aromatic carbocycles. The summed E-state index contributed by atoms with van der Waals surface area (Å²) in [5.41, 5.74) is 0.967. The number of carboxylic acids is 1. The van der Waals surface area contributed by atoms with Gasteiger partial charge in [0.05, 0.1) is 5.56 Å². The second-order valence-electron chi connectivity index (χ2n) is 2.10. The zero-order valence-corrected chi connectivity index (χ0v) is 5.82. The molecule has 2 nitrogen and oxygen atoms in total. The van der Waals surface area contributed by atoms with Crippen molar-refractivity contribution in [2.45, 2.75) is 0 Å². The Morgan fingerprint density at radius 1 is 1.55 bits per heavy atom. The summed E-state index contributed by atoms with van der Waals surface area (Å²) in [4.78, 5) is 10.4. The lowest BCUT2D eigenvalue weighted by Crippen LogP contribution is -1.95. The predicted molar refractivity (Wildman–Crippen MR) is 42.2 cm³/mol. The van der Waals surface area contributed by atoms with Gasteiger partial charge in [0.25, 0.3) is 0 Å². The van der Waals surface area contributed by atoms with Gasteiger partial charge in [-0.25, -0.2) is 4.79 Å². The molecule has 0 saturated heterocycles. The number of aromatic carboxylic acids is 1. The first-order chi connectivity index (χ1) is 5.24. The monoisotopic (exact) mass is 147 g/mol. The third kappa shape index (κ3) is 1.67. The predicted octanol–water partition coefficient (Wildman–Crippen LogP) is 1.83. The smallest absolute Gasteiger partial charge is 0.335 e. The highest BCUT2D eigenvalue weighted by molar-refractivity contribution is 5.88. The minimum Gasteiger partial charge on any atom is -0.478 e. The van der Waals surface area contributed by atoms with Gasteiger partial charge in [-0.15, -0.1) is 0 Å². The molecule has 0 amide bonds. The van der Waals surface area contributed by atoms with Gasteiger partial charge >= 0.3 is 5.97 Å². The summed E-state index contributed by atoms with van der Waals surface area (Å²) >= 11 is 0. The first-order valence-electron chi connectivity index (χ1n) is 3.12. The fourth-order valence-corrected chi connectivity index (χ4v) is 0.775. The Balaban J connectivity index is 3.10. The Morgan fingerprint density at radius 2 is 2.27 bits per heavy atom. The van der Waals surface area contributed by atoms with E-state index in [2.05, 4.69) is 0 Å². The summed E-state index contributed by atoms with van der Waals surface area (Å²) in [5.74, 6) is -0.936. The van der Waals surface area contributed by atoms with Crippen molar-refractivity contribution in [2.24, 2.45) is 0 Å². The molecule has 0 aliphatic rings. The molecule has 0 aliphatic heterocycles. The van der Waals surface area contributed by atoms with Gasteiger partial charge in [-0.05, 0) is 17.7 Å². The molecule has 0 atom stereocenters. The summed E-state index contributed by atoms with van der Waals surface area (Å²) < 4.78 is 0. The van der Waals surface area contributed by atoms with E-state index in [-0.39, 0.29) is 5.56 Å². The number of rotatable bonds is 2. The van der Waals surface area contributed by atoms with E-state index in [9.17, 15) is 4.79 Å². The topological polar surface area (TPSA) is 37.3 Å². The summed E-state index contributed by atoms with van der Waals surface area (Å²) in [5, 5.41) is 8.55. The summed E-state index contributed by atoms with van der Waals surface area (Å²) in [6, 6.07) is 6.44. The summed E-state index contributed by atoms with van der Waals surface area (Å²) in [6.07, 6.45) is 1.37. The van der Waals surface area contributed by atoms with Crippen LogP contribution in [0.1, 0.15) is 15.9 Å². The number of hydrogen-bond donors (Lipinski definition) is 1. The zero-order valence-electron chi connectivity index (χ0n) is 5.82. The van der Waals surface area contributed by atoms with Crippen LogP contribution in [0.15, 0.2) is 24.3 Å². The van der Waals surface area contributed by atoms with Crippen molar-refractivity contribution in [3.05, 3.63) is 42.0 Å². The maximum atomic E-state index is 10.4. The van der Waals surface area contributed by atoms with Crippen molar-refractivity contribution in [3.8, 4) is 0 Å². The molecule has 0 aliphatic carbocycles. The van der Waals surface area contributed by atoms with Gasteiger partial charge in [-0.1, -0.05) is 24.8 Å². The molecule has 11 heavy (non-hydrogen) atoms. The summed E-state index contributed by atoms with van der Waals surface area (Å²) in [6.45, 7) is 5.20. The maximum absolute atomic E-state index is 10.4. The van der Waals surface area contributed by atoms with E-state index in [1.165, 1.54) is 18.2 Å². The molecule has 0 spiro atoms. The molecule has 1 radical (unpaired) electrons. The average Bonchev–Trinajstić information content (AvgIpc) is 2.05. The van der Waals surface area contributed by atoms with E-state index in [0.717, 1.165) is 0 Å². The molecular formula is C9H7O2. The van der Waals surface area contributed by atoms with E-state index >= 15 is 0 Å². The molecule has 0 fully saturated rings. The first-order valence-corrected chi connectivity index (χ1v) is 3.12. The molecule has 1 N–H and O–H groups in total. The zero-order chi connectivity index (χ0) is 8.27. The van der Waals surface area contributed by atoms with Crippen molar-refractivity contribution in [1.82, 2.24) is 0 Å². The SMILES string of the molecule is [CH]=Cc1cccc(C(=O)O)c1. The van der Waals surface area contributed by atoms with Gasteiger partial charge in [-0.2, -0.15) is 0 Å². The van der Waals surface area contributed by atoms with Crippen molar-refractivity contribution >= 4 is 12.0 Å². The quantitative estimate of drug-likeness (QED) is 0.692. The van der Waals surface area contributed by atoms with E-state index in [1.54, 1.807) is 12.1 Å². The first kappa shape index (κ1) is 7.54.